The molecule has 2 heterocycles. The number of aliphatic hydroxyl groups excluding tert-OH is 2. The first-order valence-corrected chi connectivity index (χ1v) is 9.50. The number of hydrogen-bond acceptors (Lipinski definition) is 9. The standard InChI is InChI=1S/C9H14N2O12P2/c12-5-4(2-21-25(19,20)23-24(16,17)18)22-7(6(5)13)3-1-10-9(15)11-8(3)14/h1,4-7,12-13H,2H2,(H,19,20)(H2,16,17,18)(H2,10,11,14,15)/t4-,5-,6-,7+/m1/s1. The van der Waals surface area contributed by atoms with Crippen LogP contribution in [-0.4, -0.2) is 59.8 Å². The monoisotopic (exact) mass is 404 g/mol. The molecule has 142 valence electrons. The van der Waals surface area contributed by atoms with E-state index >= 15 is 0 Å². The largest absolute Gasteiger partial charge is 0.481 e. The van der Waals surface area contributed by atoms with E-state index in [0.717, 1.165) is 6.20 Å². The minimum absolute atomic E-state index is 0.229. The Balaban J connectivity index is 2.09. The molecule has 25 heavy (non-hydrogen) atoms. The van der Waals surface area contributed by atoms with E-state index in [2.05, 4.69) is 13.8 Å². The van der Waals surface area contributed by atoms with Crippen LogP contribution >= 0.6 is 15.6 Å². The molecule has 5 atom stereocenters. The summed E-state index contributed by atoms with van der Waals surface area (Å²) in [5.74, 6) is 0. The van der Waals surface area contributed by atoms with E-state index in [4.69, 9.17) is 19.4 Å². The van der Waals surface area contributed by atoms with Crippen LogP contribution in [0.25, 0.3) is 0 Å². The van der Waals surface area contributed by atoms with E-state index < -0.39 is 57.9 Å². The van der Waals surface area contributed by atoms with Crippen LogP contribution in [0.4, 0.5) is 0 Å². The fraction of sp³-hybridized carbons (Fsp3) is 0.556. The molecule has 1 aromatic heterocycles. The predicted molar refractivity (Wildman–Crippen MR) is 76.2 cm³/mol. The first-order valence-electron chi connectivity index (χ1n) is 6.47. The summed E-state index contributed by atoms with van der Waals surface area (Å²) in [6, 6.07) is 0. The Bertz CT molecular complexity index is 828. The normalized spacial score (nSPS) is 29.5. The summed E-state index contributed by atoms with van der Waals surface area (Å²) < 4.78 is 34.9. The average Bonchev–Trinajstić information content (AvgIpc) is 2.71. The summed E-state index contributed by atoms with van der Waals surface area (Å²) in [4.78, 5) is 52.8. The second-order valence-electron chi connectivity index (χ2n) is 4.94. The van der Waals surface area contributed by atoms with Gasteiger partial charge in [0.2, 0.25) is 0 Å². The third-order valence-corrected chi connectivity index (χ3v) is 5.28. The Morgan fingerprint density at radius 3 is 2.36 bits per heavy atom. The number of phosphoric acid groups is 2. The molecule has 0 radical (unpaired) electrons. The lowest BCUT2D eigenvalue weighted by molar-refractivity contribution is -0.0227. The fourth-order valence-electron chi connectivity index (χ4n) is 2.10. The number of nitrogens with one attached hydrogen (secondary N) is 2. The molecule has 1 unspecified atom stereocenters. The molecule has 0 bridgehead atoms. The zero-order valence-corrected chi connectivity index (χ0v) is 13.9. The van der Waals surface area contributed by atoms with E-state index in [9.17, 15) is 28.9 Å². The van der Waals surface area contributed by atoms with Crippen molar-refractivity contribution in [2.45, 2.75) is 24.4 Å². The average molecular weight is 404 g/mol. The Morgan fingerprint density at radius 1 is 1.16 bits per heavy atom. The van der Waals surface area contributed by atoms with E-state index in [1.807, 2.05) is 4.98 Å². The highest BCUT2D eigenvalue weighted by Crippen LogP contribution is 2.57. The molecule has 0 spiro atoms. The maximum Gasteiger partial charge on any atom is 0.481 e. The lowest BCUT2D eigenvalue weighted by Gasteiger charge is -2.17. The Kier molecular flexibility index (Phi) is 5.81. The molecule has 2 rings (SSSR count). The molecule has 14 nitrogen and oxygen atoms in total. The van der Waals surface area contributed by atoms with Crippen molar-refractivity contribution in [2.75, 3.05) is 6.61 Å². The van der Waals surface area contributed by atoms with Gasteiger partial charge in [-0.1, -0.05) is 0 Å². The maximum atomic E-state index is 11.7. The fourth-order valence-corrected chi connectivity index (χ4v) is 3.70. The quantitative estimate of drug-likeness (QED) is 0.243. The van der Waals surface area contributed by atoms with Crippen LogP contribution in [0.2, 0.25) is 0 Å². The van der Waals surface area contributed by atoms with Crippen LogP contribution in [0.5, 0.6) is 0 Å². The summed E-state index contributed by atoms with van der Waals surface area (Å²) in [6.07, 6.45) is -5.20. The number of H-pyrrole nitrogens is 2. The maximum absolute atomic E-state index is 11.7. The molecule has 0 saturated carbocycles. The zero-order valence-electron chi connectivity index (χ0n) is 12.1. The van der Waals surface area contributed by atoms with Gasteiger partial charge < -0.3 is 34.6 Å². The van der Waals surface area contributed by atoms with Gasteiger partial charge in [0.1, 0.15) is 24.4 Å². The first kappa shape index (κ1) is 20.1. The van der Waals surface area contributed by atoms with Crippen molar-refractivity contribution in [3.8, 4) is 0 Å². The zero-order chi connectivity index (χ0) is 19.0. The SMILES string of the molecule is O=c1[nH]cc([C@@H]2O[C@H](COP(=O)(O)OP(=O)(O)O)[C@@H](O)[C@H]2O)c(=O)[nH]1. The van der Waals surface area contributed by atoms with E-state index in [0.29, 0.717) is 0 Å². The van der Waals surface area contributed by atoms with Crippen molar-refractivity contribution in [1.82, 2.24) is 9.97 Å². The van der Waals surface area contributed by atoms with Gasteiger partial charge in [-0.3, -0.25) is 14.3 Å². The van der Waals surface area contributed by atoms with Crippen molar-refractivity contribution >= 4 is 15.6 Å². The molecule has 7 N–H and O–H groups in total. The van der Waals surface area contributed by atoms with Crippen LogP contribution in [0, 0.1) is 0 Å². The molecule has 0 aliphatic carbocycles. The van der Waals surface area contributed by atoms with Crippen LogP contribution in [-0.2, 0) is 22.7 Å². The topological polar surface area (TPSA) is 229 Å². The molecule has 1 saturated heterocycles. The molecular formula is C9H14N2O12P2. The van der Waals surface area contributed by atoms with Gasteiger partial charge in [0.05, 0.1) is 12.2 Å². The summed E-state index contributed by atoms with van der Waals surface area (Å²) >= 11 is 0. The van der Waals surface area contributed by atoms with Crippen molar-refractivity contribution in [2.24, 2.45) is 0 Å². The molecule has 16 heteroatoms. The lowest BCUT2D eigenvalue weighted by atomic mass is 10.0. The Labute approximate surface area is 137 Å². The van der Waals surface area contributed by atoms with Crippen molar-refractivity contribution in [1.29, 1.82) is 0 Å². The second kappa shape index (κ2) is 7.21. The minimum atomic E-state index is -5.32. The van der Waals surface area contributed by atoms with Gasteiger partial charge in [-0.2, -0.15) is 4.31 Å². The van der Waals surface area contributed by atoms with Crippen LogP contribution in [0.15, 0.2) is 15.8 Å². The van der Waals surface area contributed by atoms with Crippen molar-refractivity contribution in [3.63, 3.8) is 0 Å². The Morgan fingerprint density at radius 2 is 1.80 bits per heavy atom. The number of hydrogen-bond donors (Lipinski definition) is 7. The summed E-state index contributed by atoms with van der Waals surface area (Å²) in [5, 5.41) is 19.8. The number of aromatic nitrogens is 2. The highest BCUT2D eigenvalue weighted by atomic mass is 31.3. The number of aromatic amines is 2. The number of rotatable bonds is 6. The van der Waals surface area contributed by atoms with E-state index in [1.165, 1.54) is 0 Å². The third-order valence-electron chi connectivity index (χ3n) is 3.13. The van der Waals surface area contributed by atoms with Gasteiger partial charge in [0.25, 0.3) is 5.56 Å². The van der Waals surface area contributed by atoms with Crippen molar-refractivity contribution in [3.05, 3.63) is 32.6 Å². The molecule has 1 aliphatic heterocycles. The van der Waals surface area contributed by atoms with Crippen LogP contribution in [0.3, 0.4) is 0 Å². The minimum Gasteiger partial charge on any atom is -0.387 e. The van der Waals surface area contributed by atoms with Crippen LogP contribution < -0.4 is 11.2 Å². The lowest BCUT2D eigenvalue weighted by Crippen LogP contribution is -2.34. The van der Waals surface area contributed by atoms with Gasteiger partial charge >= 0.3 is 21.3 Å². The number of aliphatic hydroxyl groups is 2. The van der Waals surface area contributed by atoms with Gasteiger partial charge in [0.15, 0.2) is 0 Å². The third kappa shape index (κ3) is 5.15. The van der Waals surface area contributed by atoms with Crippen molar-refractivity contribution < 1.29 is 47.6 Å². The Hall–Kier alpha value is -1.18. The van der Waals surface area contributed by atoms with Gasteiger partial charge in [-0.05, 0) is 0 Å². The second-order valence-corrected chi connectivity index (χ2v) is 7.77. The van der Waals surface area contributed by atoms with E-state index in [1.54, 1.807) is 0 Å². The highest BCUT2D eigenvalue weighted by Gasteiger charge is 2.46. The van der Waals surface area contributed by atoms with Gasteiger partial charge in [0, 0.05) is 6.20 Å². The first-order chi connectivity index (χ1) is 11.4. The summed E-state index contributed by atoms with van der Waals surface area (Å²) in [7, 11) is -10.5. The molecule has 0 aromatic carbocycles. The number of ether oxygens (including phenoxy) is 1. The molecule has 1 fully saturated rings. The molecule has 0 amide bonds. The molecule has 1 aliphatic rings. The smallest absolute Gasteiger partial charge is 0.387 e. The predicted octanol–water partition coefficient (Wildman–Crippen LogP) is -2.55. The summed E-state index contributed by atoms with van der Waals surface area (Å²) in [6.45, 7) is -0.899. The summed E-state index contributed by atoms with van der Waals surface area (Å²) in [5.41, 5.74) is -1.93. The molecule has 1 aromatic rings. The molecular weight excluding hydrogens is 390 g/mol. The number of phosphoric ester groups is 1. The van der Waals surface area contributed by atoms with E-state index in [-0.39, 0.29) is 5.56 Å². The van der Waals surface area contributed by atoms with Gasteiger partial charge in [-0.15, -0.1) is 0 Å². The van der Waals surface area contributed by atoms with Crippen LogP contribution in [0.1, 0.15) is 11.7 Å². The van der Waals surface area contributed by atoms with Gasteiger partial charge in [-0.25, -0.2) is 13.9 Å². The highest BCUT2D eigenvalue weighted by molar-refractivity contribution is 7.60.